The maximum Gasteiger partial charge on any atom is 0.0517 e. The average Bonchev–Trinajstić information content (AvgIpc) is 3.00. The van der Waals surface area contributed by atoms with Crippen LogP contribution in [0.4, 0.5) is 0 Å². The molecular weight excluding hydrogens is 363 g/mol. The van der Waals surface area contributed by atoms with Crippen molar-refractivity contribution < 1.29 is 0 Å². The number of hydrogen-bond donors (Lipinski definition) is 2. The molecule has 0 amide bonds. The molecule has 4 aromatic rings. The third kappa shape index (κ3) is 3.21. The lowest BCUT2D eigenvalue weighted by atomic mass is 9.98. The number of aromatic nitrogens is 1. The number of fused-ring (bicyclic) bond motifs is 2. The first-order chi connectivity index (χ1) is 12.7. The van der Waals surface area contributed by atoms with Crippen LogP contribution < -0.4 is 5.73 Å². The second-order valence-electron chi connectivity index (χ2n) is 6.60. The summed E-state index contributed by atoms with van der Waals surface area (Å²) in [4.78, 5) is 3.55. The molecule has 0 fully saturated rings. The molecular formula is C22H20Cl2N2. The molecule has 0 saturated carbocycles. The standard InChI is InChI=1S/C22H20Cl2N2/c23-17-12-19(24)21-18(7-3-4-10-25)22(26-20(21)13-17)16-9-8-14-5-1-2-6-15(14)11-16/h1-2,5-6,8-9,11-13,26H,3-4,7,10,25H2. The van der Waals surface area contributed by atoms with E-state index in [4.69, 9.17) is 28.9 Å². The first-order valence-corrected chi connectivity index (χ1v) is 9.62. The molecule has 0 radical (unpaired) electrons. The van der Waals surface area contributed by atoms with Gasteiger partial charge in [0.25, 0.3) is 0 Å². The van der Waals surface area contributed by atoms with E-state index in [0.29, 0.717) is 16.6 Å². The minimum Gasteiger partial charge on any atom is -0.354 e. The highest BCUT2D eigenvalue weighted by atomic mass is 35.5. The van der Waals surface area contributed by atoms with Crippen LogP contribution in [0.3, 0.4) is 0 Å². The number of nitrogens with one attached hydrogen (secondary N) is 1. The average molecular weight is 383 g/mol. The molecule has 132 valence electrons. The van der Waals surface area contributed by atoms with Crippen LogP contribution in [-0.4, -0.2) is 11.5 Å². The molecule has 3 aromatic carbocycles. The van der Waals surface area contributed by atoms with Crippen molar-refractivity contribution in [1.82, 2.24) is 4.98 Å². The molecule has 0 spiro atoms. The van der Waals surface area contributed by atoms with Crippen LogP contribution in [0, 0.1) is 0 Å². The Morgan fingerprint density at radius 2 is 1.69 bits per heavy atom. The summed E-state index contributed by atoms with van der Waals surface area (Å²) in [6, 6.07) is 18.7. The van der Waals surface area contributed by atoms with E-state index in [1.807, 2.05) is 12.1 Å². The lowest BCUT2D eigenvalue weighted by Gasteiger charge is -2.07. The van der Waals surface area contributed by atoms with Gasteiger partial charge in [-0.3, -0.25) is 0 Å². The lowest BCUT2D eigenvalue weighted by Crippen LogP contribution is -1.99. The number of benzene rings is 3. The minimum atomic E-state index is 0.641. The Kier molecular flexibility index (Phi) is 4.90. The summed E-state index contributed by atoms with van der Waals surface area (Å²) >= 11 is 12.8. The van der Waals surface area contributed by atoms with Crippen molar-refractivity contribution >= 4 is 44.9 Å². The molecule has 0 aliphatic carbocycles. The van der Waals surface area contributed by atoms with E-state index < -0.39 is 0 Å². The van der Waals surface area contributed by atoms with Crippen molar-refractivity contribution in [1.29, 1.82) is 0 Å². The van der Waals surface area contributed by atoms with Crippen molar-refractivity contribution in [2.75, 3.05) is 6.54 Å². The van der Waals surface area contributed by atoms with Crippen LogP contribution in [0.2, 0.25) is 10.0 Å². The number of aromatic amines is 1. The zero-order chi connectivity index (χ0) is 18.1. The van der Waals surface area contributed by atoms with Gasteiger partial charge in [-0.1, -0.05) is 59.6 Å². The van der Waals surface area contributed by atoms with E-state index in [9.17, 15) is 0 Å². The zero-order valence-electron chi connectivity index (χ0n) is 14.4. The van der Waals surface area contributed by atoms with Gasteiger partial charge < -0.3 is 10.7 Å². The number of unbranched alkanes of at least 4 members (excludes halogenated alkanes) is 1. The van der Waals surface area contributed by atoms with E-state index in [1.54, 1.807) is 0 Å². The molecule has 0 bridgehead atoms. The normalized spacial score (nSPS) is 11.5. The van der Waals surface area contributed by atoms with E-state index >= 15 is 0 Å². The van der Waals surface area contributed by atoms with E-state index in [2.05, 4.69) is 47.4 Å². The van der Waals surface area contributed by atoms with Gasteiger partial charge in [0.15, 0.2) is 0 Å². The summed E-state index contributed by atoms with van der Waals surface area (Å²) in [5.41, 5.74) is 10.2. The third-order valence-electron chi connectivity index (χ3n) is 4.84. The number of H-pyrrole nitrogens is 1. The smallest absolute Gasteiger partial charge is 0.0517 e. The van der Waals surface area contributed by atoms with Gasteiger partial charge in [-0.15, -0.1) is 0 Å². The van der Waals surface area contributed by atoms with Crippen molar-refractivity contribution in [3.8, 4) is 11.3 Å². The monoisotopic (exact) mass is 382 g/mol. The fourth-order valence-corrected chi connectivity index (χ4v) is 4.21. The Bertz CT molecular complexity index is 1080. The molecule has 0 unspecified atom stereocenters. The number of hydrogen-bond acceptors (Lipinski definition) is 1. The summed E-state index contributed by atoms with van der Waals surface area (Å²) in [6.07, 6.45) is 2.96. The Labute approximate surface area is 162 Å². The van der Waals surface area contributed by atoms with Gasteiger partial charge in [0.2, 0.25) is 0 Å². The van der Waals surface area contributed by atoms with Crippen molar-refractivity contribution in [2.24, 2.45) is 5.73 Å². The van der Waals surface area contributed by atoms with Gasteiger partial charge in [0, 0.05) is 21.6 Å². The molecule has 1 heterocycles. The van der Waals surface area contributed by atoms with E-state index in [-0.39, 0.29) is 0 Å². The van der Waals surface area contributed by atoms with Gasteiger partial charge in [0.05, 0.1) is 5.02 Å². The summed E-state index contributed by atoms with van der Waals surface area (Å²) in [5.74, 6) is 0. The van der Waals surface area contributed by atoms with Crippen LogP contribution in [0.1, 0.15) is 18.4 Å². The summed E-state index contributed by atoms with van der Waals surface area (Å²) in [5, 5.41) is 4.86. The quantitative estimate of drug-likeness (QED) is 0.376. The number of rotatable bonds is 5. The molecule has 0 aliphatic rings. The van der Waals surface area contributed by atoms with Crippen LogP contribution in [0.25, 0.3) is 32.9 Å². The lowest BCUT2D eigenvalue weighted by molar-refractivity contribution is 0.748. The zero-order valence-corrected chi connectivity index (χ0v) is 15.9. The first-order valence-electron chi connectivity index (χ1n) is 8.86. The molecule has 0 aliphatic heterocycles. The van der Waals surface area contributed by atoms with Crippen molar-refractivity contribution in [3.63, 3.8) is 0 Å². The minimum absolute atomic E-state index is 0.641. The van der Waals surface area contributed by atoms with Crippen LogP contribution in [0.5, 0.6) is 0 Å². The van der Waals surface area contributed by atoms with Crippen LogP contribution in [0.15, 0.2) is 54.6 Å². The first kappa shape index (κ1) is 17.4. The number of halogens is 2. The highest BCUT2D eigenvalue weighted by molar-refractivity contribution is 6.39. The van der Waals surface area contributed by atoms with Gasteiger partial charge in [-0.2, -0.15) is 0 Å². The molecule has 0 atom stereocenters. The Morgan fingerprint density at radius 1 is 0.885 bits per heavy atom. The van der Waals surface area contributed by atoms with Gasteiger partial charge in [-0.05, 0) is 65.9 Å². The van der Waals surface area contributed by atoms with E-state index in [1.165, 1.54) is 16.3 Å². The summed E-state index contributed by atoms with van der Waals surface area (Å²) < 4.78 is 0. The van der Waals surface area contributed by atoms with Crippen molar-refractivity contribution in [2.45, 2.75) is 19.3 Å². The van der Waals surface area contributed by atoms with E-state index in [0.717, 1.165) is 41.4 Å². The summed E-state index contributed by atoms with van der Waals surface area (Å²) in [7, 11) is 0. The van der Waals surface area contributed by atoms with Crippen LogP contribution >= 0.6 is 23.2 Å². The Hall–Kier alpha value is -2.00. The molecule has 4 rings (SSSR count). The molecule has 4 heteroatoms. The fourth-order valence-electron chi connectivity index (χ4n) is 3.60. The molecule has 1 aromatic heterocycles. The molecule has 3 N–H and O–H groups in total. The Morgan fingerprint density at radius 3 is 2.50 bits per heavy atom. The number of aryl methyl sites for hydroxylation is 1. The van der Waals surface area contributed by atoms with Gasteiger partial charge in [0.1, 0.15) is 0 Å². The Balaban J connectivity index is 1.91. The van der Waals surface area contributed by atoms with Gasteiger partial charge >= 0.3 is 0 Å². The SMILES string of the molecule is NCCCCc1c(-c2ccc3ccccc3c2)[nH]c2cc(Cl)cc(Cl)c12. The highest BCUT2D eigenvalue weighted by Gasteiger charge is 2.16. The third-order valence-corrected chi connectivity index (χ3v) is 5.35. The predicted molar refractivity (Wildman–Crippen MR) is 113 cm³/mol. The largest absolute Gasteiger partial charge is 0.354 e. The van der Waals surface area contributed by atoms with Crippen LogP contribution in [-0.2, 0) is 6.42 Å². The number of nitrogens with two attached hydrogens (primary N) is 1. The second-order valence-corrected chi connectivity index (χ2v) is 7.44. The molecule has 0 saturated heterocycles. The van der Waals surface area contributed by atoms with Gasteiger partial charge in [-0.25, -0.2) is 0 Å². The maximum absolute atomic E-state index is 6.55. The maximum atomic E-state index is 6.55. The second kappa shape index (κ2) is 7.32. The highest BCUT2D eigenvalue weighted by Crippen LogP contribution is 2.38. The fraction of sp³-hybridized carbons (Fsp3) is 0.182. The molecule has 2 nitrogen and oxygen atoms in total. The van der Waals surface area contributed by atoms with Crippen molar-refractivity contribution in [3.05, 3.63) is 70.2 Å². The summed E-state index contributed by atoms with van der Waals surface area (Å²) in [6.45, 7) is 0.702. The predicted octanol–water partition coefficient (Wildman–Crippen LogP) is 6.58. The topological polar surface area (TPSA) is 41.8 Å². The molecule has 26 heavy (non-hydrogen) atoms.